The minimum Gasteiger partial charge on any atom is -0.371 e. The van der Waals surface area contributed by atoms with Crippen LogP contribution in [0, 0.1) is 6.92 Å². The molecule has 1 aromatic carbocycles. The summed E-state index contributed by atoms with van der Waals surface area (Å²) in [6, 6.07) is 10.5. The summed E-state index contributed by atoms with van der Waals surface area (Å²) in [6.07, 6.45) is 6.01. The average molecular weight is 292 g/mol. The maximum atomic E-state index is 4.85. The Labute approximate surface area is 130 Å². The van der Waals surface area contributed by atoms with Crippen LogP contribution in [0.4, 0.5) is 5.69 Å². The first-order valence-electron chi connectivity index (χ1n) is 7.91. The van der Waals surface area contributed by atoms with E-state index in [0.29, 0.717) is 5.92 Å². The van der Waals surface area contributed by atoms with Crippen molar-refractivity contribution in [3.63, 3.8) is 0 Å². The van der Waals surface area contributed by atoms with Crippen molar-refractivity contribution in [2.45, 2.75) is 25.7 Å². The second-order valence-electron chi connectivity index (χ2n) is 6.06. The fourth-order valence-corrected chi connectivity index (χ4v) is 3.35. The number of hydrogen-bond donors (Lipinski definition) is 1. The molecule has 0 saturated carbocycles. The molecule has 3 heterocycles. The Hall–Kier alpha value is -2.36. The van der Waals surface area contributed by atoms with Crippen LogP contribution in [0.3, 0.4) is 0 Å². The molecule has 0 radical (unpaired) electrons. The summed E-state index contributed by atoms with van der Waals surface area (Å²) in [5.74, 6) is 1.68. The van der Waals surface area contributed by atoms with E-state index in [1.54, 1.807) is 0 Å². The monoisotopic (exact) mass is 292 g/mol. The van der Waals surface area contributed by atoms with Crippen molar-refractivity contribution in [3.05, 3.63) is 54.1 Å². The third-order valence-electron chi connectivity index (χ3n) is 4.64. The standard InChI is InChI=1S/C18H20N4/c1-13-3-2-4-16-17(13)21-18(20-16)14-7-11-22(12-8-14)15-5-9-19-10-6-15/h2-6,9-10,14H,7-8,11-12H2,1H3,(H,20,21). The van der Waals surface area contributed by atoms with Crippen LogP contribution in [0.15, 0.2) is 42.7 Å². The topological polar surface area (TPSA) is 44.8 Å². The first kappa shape index (κ1) is 13.3. The maximum Gasteiger partial charge on any atom is 0.110 e. The van der Waals surface area contributed by atoms with Crippen molar-refractivity contribution < 1.29 is 0 Å². The van der Waals surface area contributed by atoms with E-state index in [-0.39, 0.29) is 0 Å². The number of imidazole rings is 1. The Kier molecular flexibility index (Phi) is 3.29. The van der Waals surface area contributed by atoms with E-state index < -0.39 is 0 Å². The van der Waals surface area contributed by atoms with Gasteiger partial charge in [0.25, 0.3) is 0 Å². The Bertz CT molecular complexity index is 770. The molecule has 0 amide bonds. The largest absolute Gasteiger partial charge is 0.371 e. The van der Waals surface area contributed by atoms with Crippen LogP contribution in [0.2, 0.25) is 0 Å². The SMILES string of the molecule is Cc1cccc2[nH]c(C3CCN(c4ccncc4)CC3)nc12. The van der Waals surface area contributed by atoms with Crippen LogP contribution in [0.25, 0.3) is 11.0 Å². The molecule has 22 heavy (non-hydrogen) atoms. The zero-order valence-corrected chi connectivity index (χ0v) is 12.8. The Morgan fingerprint density at radius 2 is 1.86 bits per heavy atom. The molecule has 1 saturated heterocycles. The Balaban J connectivity index is 1.52. The van der Waals surface area contributed by atoms with Crippen LogP contribution < -0.4 is 4.90 Å². The lowest BCUT2D eigenvalue weighted by Crippen LogP contribution is -2.33. The minimum atomic E-state index is 0.532. The fraction of sp³-hybridized carbons (Fsp3) is 0.333. The number of pyridine rings is 1. The molecule has 4 heteroatoms. The third kappa shape index (κ3) is 2.34. The first-order valence-corrected chi connectivity index (χ1v) is 7.91. The van der Waals surface area contributed by atoms with Crippen LogP contribution >= 0.6 is 0 Å². The molecule has 0 spiro atoms. The van der Waals surface area contributed by atoms with Crippen molar-refractivity contribution in [2.24, 2.45) is 0 Å². The lowest BCUT2D eigenvalue weighted by molar-refractivity contribution is 0.489. The van der Waals surface area contributed by atoms with Gasteiger partial charge in [-0.2, -0.15) is 0 Å². The molecule has 1 fully saturated rings. The zero-order chi connectivity index (χ0) is 14.9. The highest BCUT2D eigenvalue weighted by Gasteiger charge is 2.23. The quantitative estimate of drug-likeness (QED) is 0.784. The molecule has 4 rings (SSSR count). The average Bonchev–Trinajstić information content (AvgIpc) is 3.02. The van der Waals surface area contributed by atoms with Crippen molar-refractivity contribution in [3.8, 4) is 0 Å². The number of nitrogens with one attached hydrogen (secondary N) is 1. The number of aromatic nitrogens is 3. The van der Waals surface area contributed by atoms with Crippen molar-refractivity contribution in [1.82, 2.24) is 15.0 Å². The van der Waals surface area contributed by atoms with Gasteiger partial charge in [-0.05, 0) is 43.5 Å². The number of aromatic amines is 1. The van der Waals surface area contributed by atoms with Crippen LogP contribution in [0.5, 0.6) is 0 Å². The van der Waals surface area contributed by atoms with Crippen LogP contribution in [0.1, 0.15) is 30.1 Å². The van der Waals surface area contributed by atoms with Gasteiger partial charge >= 0.3 is 0 Å². The number of H-pyrrole nitrogens is 1. The number of aryl methyl sites for hydroxylation is 1. The predicted molar refractivity (Wildman–Crippen MR) is 89.3 cm³/mol. The summed E-state index contributed by atoms with van der Waals surface area (Å²) < 4.78 is 0. The number of fused-ring (bicyclic) bond motifs is 1. The predicted octanol–water partition coefficient (Wildman–Crippen LogP) is 3.65. The Morgan fingerprint density at radius 1 is 1.09 bits per heavy atom. The van der Waals surface area contributed by atoms with Gasteiger partial charge in [-0.3, -0.25) is 4.98 Å². The van der Waals surface area contributed by atoms with E-state index in [0.717, 1.165) is 42.8 Å². The molecular weight excluding hydrogens is 272 g/mol. The lowest BCUT2D eigenvalue weighted by atomic mass is 9.96. The number of hydrogen-bond acceptors (Lipinski definition) is 3. The second kappa shape index (κ2) is 5.44. The summed E-state index contributed by atoms with van der Waals surface area (Å²) >= 11 is 0. The van der Waals surface area contributed by atoms with E-state index >= 15 is 0 Å². The first-order chi connectivity index (χ1) is 10.8. The van der Waals surface area contributed by atoms with Crippen molar-refractivity contribution >= 4 is 16.7 Å². The molecular formula is C18H20N4. The number of benzene rings is 1. The molecule has 0 unspecified atom stereocenters. The molecule has 4 nitrogen and oxygen atoms in total. The highest BCUT2D eigenvalue weighted by molar-refractivity contribution is 5.78. The fourth-order valence-electron chi connectivity index (χ4n) is 3.35. The van der Waals surface area contributed by atoms with Gasteiger partial charge in [-0.15, -0.1) is 0 Å². The molecule has 1 N–H and O–H groups in total. The van der Waals surface area contributed by atoms with Crippen LogP contribution in [-0.4, -0.2) is 28.0 Å². The summed E-state index contributed by atoms with van der Waals surface area (Å²) in [5.41, 5.74) is 4.80. The van der Waals surface area contributed by atoms with Crippen LogP contribution in [-0.2, 0) is 0 Å². The van der Waals surface area contributed by atoms with Crippen molar-refractivity contribution in [2.75, 3.05) is 18.0 Å². The smallest absolute Gasteiger partial charge is 0.110 e. The molecule has 112 valence electrons. The van der Waals surface area contributed by atoms with Gasteiger partial charge in [0.2, 0.25) is 0 Å². The van der Waals surface area contributed by atoms with Gasteiger partial charge in [-0.1, -0.05) is 12.1 Å². The number of anilines is 1. The number of rotatable bonds is 2. The highest BCUT2D eigenvalue weighted by Crippen LogP contribution is 2.30. The zero-order valence-electron chi connectivity index (χ0n) is 12.8. The van der Waals surface area contributed by atoms with Gasteiger partial charge in [0.1, 0.15) is 5.82 Å². The second-order valence-corrected chi connectivity index (χ2v) is 6.06. The van der Waals surface area contributed by atoms with E-state index in [1.165, 1.54) is 11.3 Å². The third-order valence-corrected chi connectivity index (χ3v) is 4.64. The van der Waals surface area contributed by atoms with Gasteiger partial charge < -0.3 is 9.88 Å². The van der Waals surface area contributed by atoms with E-state index in [9.17, 15) is 0 Å². The van der Waals surface area contributed by atoms with Gasteiger partial charge in [0.15, 0.2) is 0 Å². The molecule has 0 atom stereocenters. The van der Waals surface area contributed by atoms with Gasteiger partial charge in [0.05, 0.1) is 11.0 Å². The van der Waals surface area contributed by atoms with Crippen molar-refractivity contribution in [1.29, 1.82) is 0 Å². The Morgan fingerprint density at radius 3 is 2.59 bits per heavy atom. The summed E-state index contributed by atoms with van der Waals surface area (Å²) in [6.45, 7) is 4.27. The van der Waals surface area contributed by atoms with Gasteiger partial charge in [-0.25, -0.2) is 4.98 Å². The lowest BCUT2D eigenvalue weighted by Gasteiger charge is -2.32. The maximum absolute atomic E-state index is 4.85. The highest BCUT2D eigenvalue weighted by atomic mass is 15.1. The number of piperidine rings is 1. The van der Waals surface area contributed by atoms with E-state index in [2.05, 4.69) is 52.1 Å². The number of para-hydroxylation sites is 1. The minimum absolute atomic E-state index is 0.532. The van der Waals surface area contributed by atoms with E-state index in [1.807, 2.05) is 12.4 Å². The van der Waals surface area contributed by atoms with E-state index in [4.69, 9.17) is 4.98 Å². The summed E-state index contributed by atoms with van der Waals surface area (Å²) in [4.78, 5) is 14.9. The summed E-state index contributed by atoms with van der Waals surface area (Å²) in [5, 5.41) is 0. The molecule has 1 aliphatic heterocycles. The number of nitrogens with zero attached hydrogens (tertiary/aromatic N) is 3. The molecule has 2 aromatic heterocycles. The summed E-state index contributed by atoms with van der Waals surface area (Å²) in [7, 11) is 0. The normalized spacial score (nSPS) is 16.3. The molecule has 0 bridgehead atoms. The molecule has 1 aliphatic rings. The molecule has 3 aromatic rings. The van der Waals surface area contributed by atoms with Gasteiger partial charge in [0, 0.05) is 37.1 Å². The molecule has 0 aliphatic carbocycles.